The van der Waals surface area contributed by atoms with Crippen LogP contribution in [0.1, 0.15) is 17.2 Å². The van der Waals surface area contributed by atoms with Crippen molar-refractivity contribution in [1.29, 1.82) is 0 Å². The Morgan fingerprint density at radius 1 is 1.30 bits per heavy atom. The average molecular weight is 318 g/mol. The van der Waals surface area contributed by atoms with Gasteiger partial charge < -0.3 is 20.5 Å². The van der Waals surface area contributed by atoms with Crippen molar-refractivity contribution in [1.82, 2.24) is 5.32 Å². The quantitative estimate of drug-likeness (QED) is 0.793. The number of nitrogens with one attached hydrogen (secondary N) is 2. The molecule has 122 valence electrons. The van der Waals surface area contributed by atoms with Crippen molar-refractivity contribution in [2.45, 2.75) is 13.0 Å². The summed E-state index contributed by atoms with van der Waals surface area (Å²) in [5, 5.41) is 15.1. The van der Waals surface area contributed by atoms with Crippen LogP contribution in [0, 0.1) is 12.7 Å². The van der Waals surface area contributed by atoms with Crippen LogP contribution >= 0.6 is 0 Å². The molecule has 3 N–H and O–H groups in total. The van der Waals surface area contributed by atoms with Crippen LogP contribution in [0.4, 0.5) is 14.9 Å². The minimum Gasteiger partial charge on any atom is -0.496 e. The van der Waals surface area contributed by atoms with E-state index in [1.165, 1.54) is 18.2 Å². The molecule has 2 aromatic rings. The largest absolute Gasteiger partial charge is 0.496 e. The van der Waals surface area contributed by atoms with Gasteiger partial charge in [-0.25, -0.2) is 9.18 Å². The average Bonchev–Trinajstić information content (AvgIpc) is 2.53. The number of ether oxygens (including phenoxy) is 1. The molecule has 0 aliphatic heterocycles. The molecule has 2 aromatic carbocycles. The fourth-order valence-electron chi connectivity index (χ4n) is 2.18. The third kappa shape index (κ3) is 4.43. The molecule has 1 atom stereocenters. The lowest BCUT2D eigenvalue weighted by Crippen LogP contribution is -2.32. The summed E-state index contributed by atoms with van der Waals surface area (Å²) in [5.41, 5.74) is 1.63. The zero-order chi connectivity index (χ0) is 16.8. The summed E-state index contributed by atoms with van der Waals surface area (Å²) in [5.74, 6) is 0.221. The van der Waals surface area contributed by atoms with Crippen molar-refractivity contribution < 1.29 is 19.0 Å². The van der Waals surface area contributed by atoms with Gasteiger partial charge >= 0.3 is 6.03 Å². The molecule has 0 aliphatic rings. The maximum Gasteiger partial charge on any atom is 0.319 e. The first-order valence-electron chi connectivity index (χ1n) is 7.13. The Kier molecular flexibility index (Phi) is 5.54. The summed E-state index contributed by atoms with van der Waals surface area (Å²) in [6, 6.07) is 10.7. The number of halogens is 1. The topological polar surface area (TPSA) is 70.6 Å². The van der Waals surface area contributed by atoms with Gasteiger partial charge in [-0.15, -0.1) is 0 Å². The zero-order valence-corrected chi connectivity index (χ0v) is 13.0. The molecule has 0 bridgehead atoms. The van der Waals surface area contributed by atoms with Crippen LogP contribution in [-0.4, -0.2) is 24.8 Å². The molecule has 0 saturated heterocycles. The van der Waals surface area contributed by atoms with Gasteiger partial charge in [0.25, 0.3) is 0 Å². The van der Waals surface area contributed by atoms with Crippen LogP contribution < -0.4 is 15.4 Å². The number of aliphatic hydroxyl groups is 1. The highest BCUT2D eigenvalue weighted by Gasteiger charge is 2.13. The Morgan fingerprint density at radius 3 is 2.70 bits per heavy atom. The van der Waals surface area contributed by atoms with E-state index in [0.29, 0.717) is 5.69 Å². The van der Waals surface area contributed by atoms with Crippen LogP contribution in [0.2, 0.25) is 0 Å². The first-order chi connectivity index (χ1) is 11.0. The maximum absolute atomic E-state index is 13.5. The van der Waals surface area contributed by atoms with E-state index in [1.807, 2.05) is 6.92 Å². The van der Waals surface area contributed by atoms with Crippen molar-refractivity contribution in [3.63, 3.8) is 0 Å². The predicted molar refractivity (Wildman–Crippen MR) is 86.1 cm³/mol. The summed E-state index contributed by atoms with van der Waals surface area (Å²) in [7, 11) is 1.58. The molecule has 2 rings (SSSR count). The van der Waals surface area contributed by atoms with Crippen LogP contribution in [0.5, 0.6) is 5.75 Å². The molecule has 0 radical (unpaired) electrons. The summed E-state index contributed by atoms with van der Waals surface area (Å²) >= 11 is 0. The highest BCUT2D eigenvalue weighted by Crippen LogP contribution is 2.21. The molecule has 0 heterocycles. The van der Waals surface area contributed by atoms with Crippen LogP contribution in [0.15, 0.2) is 42.5 Å². The molecule has 1 unspecified atom stereocenters. The Hall–Kier alpha value is -2.60. The lowest BCUT2D eigenvalue weighted by Gasteiger charge is -2.14. The normalized spacial score (nSPS) is 11.7. The first kappa shape index (κ1) is 16.8. The van der Waals surface area contributed by atoms with E-state index in [0.717, 1.165) is 11.3 Å². The number of aryl methyl sites for hydroxylation is 1. The van der Waals surface area contributed by atoms with E-state index in [9.17, 15) is 14.3 Å². The van der Waals surface area contributed by atoms with Crippen molar-refractivity contribution in [2.75, 3.05) is 19.0 Å². The Bertz CT molecular complexity index is 691. The van der Waals surface area contributed by atoms with E-state index < -0.39 is 18.0 Å². The van der Waals surface area contributed by atoms with Crippen molar-refractivity contribution >= 4 is 11.7 Å². The van der Waals surface area contributed by atoms with E-state index in [1.54, 1.807) is 31.4 Å². The van der Waals surface area contributed by atoms with Gasteiger partial charge in [0.15, 0.2) is 0 Å². The number of urea groups is 1. The third-order valence-corrected chi connectivity index (χ3v) is 3.37. The van der Waals surface area contributed by atoms with Gasteiger partial charge in [0, 0.05) is 17.8 Å². The Labute approximate surface area is 134 Å². The number of amides is 2. The third-order valence-electron chi connectivity index (χ3n) is 3.37. The van der Waals surface area contributed by atoms with Crippen LogP contribution in [0.25, 0.3) is 0 Å². The number of methoxy groups -OCH3 is 1. The maximum atomic E-state index is 13.5. The molecule has 5 nitrogen and oxygen atoms in total. The second-order valence-corrected chi connectivity index (χ2v) is 5.06. The molecule has 0 saturated carbocycles. The molecule has 0 fully saturated rings. The van der Waals surface area contributed by atoms with Crippen LogP contribution in [-0.2, 0) is 0 Å². The molecule has 0 spiro atoms. The zero-order valence-electron chi connectivity index (χ0n) is 13.0. The van der Waals surface area contributed by atoms with Gasteiger partial charge in [-0.2, -0.15) is 0 Å². The van der Waals surface area contributed by atoms with Crippen LogP contribution in [0.3, 0.4) is 0 Å². The molecule has 0 aromatic heterocycles. The van der Waals surface area contributed by atoms with E-state index in [-0.39, 0.29) is 12.1 Å². The number of anilines is 1. The number of carbonyl (C=O) groups excluding carboxylic acids is 1. The Balaban J connectivity index is 1.90. The minimum absolute atomic E-state index is 0.0953. The van der Waals surface area contributed by atoms with Gasteiger partial charge in [-0.1, -0.05) is 18.2 Å². The molecule has 6 heteroatoms. The van der Waals surface area contributed by atoms with E-state index >= 15 is 0 Å². The number of benzene rings is 2. The summed E-state index contributed by atoms with van der Waals surface area (Å²) in [4.78, 5) is 11.8. The van der Waals surface area contributed by atoms with Gasteiger partial charge in [0.2, 0.25) is 0 Å². The second-order valence-electron chi connectivity index (χ2n) is 5.06. The fourth-order valence-corrected chi connectivity index (χ4v) is 2.18. The van der Waals surface area contributed by atoms with Crippen molar-refractivity contribution in [2.24, 2.45) is 0 Å². The molecular weight excluding hydrogens is 299 g/mol. The number of aliphatic hydroxyl groups excluding tert-OH is 1. The van der Waals surface area contributed by atoms with E-state index in [2.05, 4.69) is 10.6 Å². The monoisotopic (exact) mass is 318 g/mol. The first-order valence-corrected chi connectivity index (χ1v) is 7.13. The van der Waals surface area contributed by atoms with Gasteiger partial charge in [-0.3, -0.25) is 0 Å². The summed E-state index contributed by atoms with van der Waals surface area (Å²) in [6.07, 6.45) is -1.11. The fraction of sp³-hybridized carbons (Fsp3) is 0.235. The lowest BCUT2D eigenvalue weighted by atomic mass is 10.1. The smallest absolute Gasteiger partial charge is 0.319 e. The van der Waals surface area contributed by atoms with Crippen molar-refractivity contribution in [3.05, 3.63) is 59.4 Å². The Morgan fingerprint density at radius 2 is 2.04 bits per heavy atom. The highest BCUT2D eigenvalue weighted by atomic mass is 19.1. The van der Waals surface area contributed by atoms with Gasteiger partial charge in [0.1, 0.15) is 11.6 Å². The predicted octanol–water partition coefficient (Wildman–Crippen LogP) is 3.00. The summed E-state index contributed by atoms with van der Waals surface area (Å²) < 4.78 is 18.7. The molecule has 23 heavy (non-hydrogen) atoms. The molecule has 2 amide bonds. The lowest BCUT2D eigenvalue weighted by molar-refractivity contribution is 0.170. The summed E-state index contributed by atoms with van der Waals surface area (Å²) in [6.45, 7) is 1.77. The van der Waals surface area contributed by atoms with E-state index in [4.69, 9.17) is 4.74 Å². The van der Waals surface area contributed by atoms with Gasteiger partial charge in [0.05, 0.1) is 13.2 Å². The molecule has 0 aliphatic carbocycles. The standard InChI is InChI=1S/C17H19FN2O3/c1-11-9-12(7-8-16(11)23-2)20-17(22)19-10-15(21)13-5-3-4-6-14(13)18/h3-9,15,21H,10H2,1-2H3,(H2,19,20,22). The number of rotatable bonds is 5. The second kappa shape index (κ2) is 7.60. The molecular formula is C17H19FN2O3. The number of hydrogen-bond donors (Lipinski definition) is 3. The number of carbonyl (C=O) groups is 1. The SMILES string of the molecule is COc1ccc(NC(=O)NCC(O)c2ccccc2F)cc1C. The minimum atomic E-state index is -1.11. The van der Waals surface area contributed by atoms with Gasteiger partial charge in [-0.05, 0) is 36.8 Å². The highest BCUT2D eigenvalue weighted by molar-refractivity contribution is 5.89. The van der Waals surface area contributed by atoms with Crippen molar-refractivity contribution in [3.8, 4) is 5.75 Å². The number of hydrogen-bond acceptors (Lipinski definition) is 3.